The highest BCUT2D eigenvalue weighted by atomic mass is 16.3. The van der Waals surface area contributed by atoms with Crippen LogP contribution in [0, 0.1) is 12.3 Å². The zero-order valence-electron chi connectivity index (χ0n) is 14.2. The molecule has 114 valence electrons. The van der Waals surface area contributed by atoms with Gasteiger partial charge in [0.25, 0.3) is 0 Å². The van der Waals surface area contributed by atoms with Crippen LogP contribution in [0.1, 0.15) is 76.5 Å². The van der Waals surface area contributed by atoms with Crippen molar-refractivity contribution < 1.29 is 5.11 Å². The second-order valence-electron chi connectivity index (χ2n) is 7.12. The number of rotatable bonds is 6. The number of benzene rings is 1. The van der Waals surface area contributed by atoms with Gasteiger partial charge in [0, 0.05) is 0 Å². The van der Waals surface area contributed by atoms with E-state index in [4.69, 9.17) is 0 Å². The van der Waals surface area contributed by atoms with E-state index in [1.54, 1.807) is 0 Å². The summed E-state index contributed by atoms with van der Waals surface area (Å²) in [5.41, 5.74) is 4.19. The van der Waals surface area contributed by atoms with Crippen LogP contribution in [-0.2, 0) is 6.42 Å². The summed E-state index contributed by atoms with van der Waals surface area (Å²) in [7, 11) is 0. The van der Waals surface area contributed by atoms with Crippen molar-refractivity contribution in [2.45, 2.75) is 79.2 Å². The molecule has 1 unspecified atom stereocenters. The summed E-state index contributed by atoms with van der Waals surface area (Å²) < 4.78 is 0. The van der Waals surface area contributed by atoms with Gasteiger partial charge < -0.3 is 5.11 Å². The van der Waals surface area contributed by atoms with E-state index in [9.17, 15) is 5.11 Å². The second kappa shape index (κ2) is 7.26. The maximum absolute atomic E-state index is 10.2. The molecule has 1 atom stereocenters. The molecule has 0 bridgehead atoms. The van der Waals surface area contributed by atoms with Gasteiger partial charge in [0.1, 0.15) is 0 Å². The highest BCUT2D eigenvalue weighted by Crippen LogP contribution is 2.27. The molecular weight excluding hydrogens is 244 g/mol. The first-order chi connectivity index (χ1) is 9.29. The molecule has 1 nitrogen and oxygen atoms in total. The van der Waals surface area contributed by atoms with E-state index in [0.717, 1.165) is 12.8 Å². The molecule has 1 rings (SSSR count). The largest absolute Gasteiger partial charge is 0.393 e. The quantitative estimate of drug-likeness (QED) is 0.753. The van der Waals surface area contributed by atoms with E-state index >= 15 is 0 Å². The Morgan fingerprint density at radius 3 is 2.15 bits per heavy atom. The molecule has 0 spiro atoms. The van der Waals surface area contributed by atoms with Crippen molar-refractivity contribution in [2.75, 3.05) is 0 Å². The maximum Gasteiger partial charge on any atom is 0.0591 e. The van der Waals surface area contributed by atoms with Crippen molar-refractivity contribution in [3.05, 3.63) is 34.9 Å². The molecule has 0 aliphatic carbocycles. The molecular formula is C19H32O. The van der Waals surface area contributed by atoms with Crippen LogP contribution in [0.4, 0.5) is 0 Å². The molecule has 0 aliphatic heterocycles. The third-order valence-electron chi connectivity index (χ3n) is 4.51. The molecule has 0 amide bonds. The van der Waals surface area contributed by atoms with Crippen LogP contribution in [-0.4, -0.2) is 11.2 Å². The van der Waals surface area contributed by atoms with Crippen LogP contribution < -0.4 is 0 Å². The molecule has 1 aromatic rings. The Kier molecular flexibility index (Phi) is 6.26. The van der Waals surface area contributed by atoms with Gasteiger partial charge in [0.05, 0.1) is 6.10 Å². The molecule has 1 aromatic carbocycles. The zero-order valence-corrected chi connectivity index (χ0v) is 14.2. The Hall–Kier alpha value is -0.820. The van der Waals surface area contributed by atoms with Gasteiger partial charge in [-0.25, -0.2) is 0 Å². The standard InChI is InChI=1S/C19H32O/c1-7-15(8-2)17-10-9-16(14(3)13-17)11-12-18(20)19(4,5)6/h9-10,13,15,18,20H,7-8,11-12H2,1-6H3. The number of aliphatic hydroxyl groups is 1. The molecule has 0 aromatic heterocycles. The molecule has 0 aliphatic rings. The first kappa shape index (κ1) is 17.2. The predicted octanol–water partition coefficient (Wildman–Crippen LogP) is 5.24. The minimum Gasteiger partial charge on any atom is -0.393 e. The molecule has 0 saturated heterocycles. The topological polar surface area (TPSA) is 20.2 Å². The lowest BCUT2D eigenvalue weighted by molar-refractivity contribution is 0.0560. The summed E-state index contributed by atoms with van der Waals surface area (Å²) in [5, 5.41) is 10.2. The van der Waals surface area contributed by atoms with Gasteiger partial charge in [-0.2, -0.15) is 0 Å². The Bertz CT molecular complexity index is 410. The number of hydrogen-bond acceptors (Lipinski definition) is 1. The van der Waals surface area contributed by atoms with Crippen LogP contribution in [0.15, 0.2) is 18.2 Å². The summed E-state index contributed by atoms with van der Waals surface area (Å²) in [6.45, 7) is 13.0. The van der Waals surface area contributed by atoms with Gasteiger partial charge in [-0.1, -0.05) is 52.8 Å². The Morgan fingerprint density at radius 1 is 1.10 bits per heavy atom. The van der Waals surface area contributed by atoms with Crippen molar-refractivity contribution >= 4 is 0 Å². The lowest BCUT2D eigenvalue weighted by atomic mass is 9.84. The monoisotopic (exact) mass is 276 g/mol. The van der Waals surface area contributed by atoms with Crippen LogP contribution in [0.25, 0.3) is 0 Å². The molecule has 0 heterocycles. The molecule has 0 fully saturated rings. The number of aliphatic hydroxyl groups excluding tert-OH is 1. The lowest BCUT2D eigenvalue weighted by Crippen LogP contribution is -2.26. The minimum absolute atomic E-state index is 0.0244. The van der Waals surface area contributed by atoms with E-state index in [1.807, 2.05) is 0 Å². The van der Waals surface area contributed by atoms with E-state index in [2.05, 4.69) is 59.7 Å². The van der Waals surface area contributed by atoms with Crippen LogP contribution in [0.2, 0.25) is 0 Å². The summed E-state index contributed by atoms with van der Waals surface area (Å²) in [4.78, 5) is 0. The SMILES string of the molecule is CCC(CC)c1ccc(CCC(O)C(C)(C)C)c(C)c1. The summed E-state index contributed by atoms with van der Waals surface area (Å²) in [5.74, 6) is 0.683. The van der Waals surface area contributed by atoms with Gasteiger partial charge in [0.15, 0.2) is 0 Å². The van der Waals surface area contributed by atoms with Gasteiger partial charge in [-0.15, -0.1) is 0 Å². The van der Waals surface area contributed by atoms with E-state index < -0.39 is 0 Å². The van der Waals surface area contributed by atoms with Gasteiger partial charge in [-0.05, 0) is 60.6 Å². The zero-order chi connectivity index (χ0) is 15.3. The third-order valence-corrected chi connectivity index (χ3v) is 4.51. The first-order valence-corrected chi connectivity index (χ1v) is 8.07. The Labute approximate surface area is 125 Å². The fraction of sp³-hybridized carbons (Fsp3) is 0.684. The highest BCUT2D eigenvalue weighted by Gasteiger charge is 2.21. The molecule has 0 radical (unpaired) electrons. The Morgan fingerprint density at radius 2 is 1.70 bits per heavy atom. The van der Waals surface area contributed by atoms with Gasteiger partial charge in [0.2, 0.25) is 0 Å². The molecule has 1 heteroatoms. The maximum atomic E-state index is 10.2. The first-order valence-electron chi connectivity index (χ1n) is 8.07. The number of hydrogen-bond donors (Lipinski definition) is 1. The predicted molar refractivity (Wildman–Crippen MR) is 88.3 cm³/mol. The van der Waals surface area contributed by atoms with Gasteiger partial charge in [-0.3, -0.25) is 0 Å². The smallest absolute Gasteiger partial charge is 0.0591 e. The number of aryl methyl sites for hydroxylation is 2. The molecule has 1 N–H and O–H groups in total. The van der Waals surface area contributed by atoms with Crippen LogP contribution in [0.3, 0.4) is 0 Å². The van der Waals surface area contributed by atoms with Crippen molar-refractivity contribution in [3.8, 4) is 0 Å². The van der Waals surface area contributed by atoms with E-state index in [1.165, 1.54) is 29.5 Å². The summed E-state index contributed by atoms with van der Waals surface area (Å²) in [6, 6.07) is 6.89. The average molecular weight is 276 g/mol. The van der Waals surface area contributed by atoms with Crippen molar-refractivity contribution in [2.24, 2.45) is 5.41 Å². The normalized spacial score (nSPS) is 13.8. The van der Waals surface area contributed by atoms with Crippen LogP contribution in [0.5, 0.6) is 0 Å². The second-order valence-corrected chi connectivity index (χ2v) is 7.12. The van der Waals surface area contributed by atoms with E-state index in [0.29, 0.717) is 5.92 Å². The summed E-state index contributed by atoms with van der Waals surface area (Å²) >= 11 is 0. The lowest BCUT2D eigenvalue weighted by Gasteiger charge is -2.26. The van der Waals surface area contributed by atoms with Crippen LogP contribution >= 0.6 is 0 Å². The fourth-order valence-electron chi connectivity index (χ4n) is 2.74. The average Bonchev–Trinajstić information content (AvgIpc) is 2.37. The van der Waals surface area contributed by atoms with E-state index in [-0.39, 0.29) is 11.5 Å². The Balaban J connectivity index is 2.74. The third kappa shape index (κ3) is 4.63. The summed E-state index contributed by atoms with van der Waals surface area (Å²) in [6.07, 6.45) is 3.98. The van der Waals surface area contributed by atoms with Crippen molar-refractivity contribution in [1.29, 1.82) is 0 Å². The molecule has 0 saturated carbocycles. The fourth-order valence-corrected chi connectivity index (χ4v) is 2.74. The highest BCUT2D eigenvalue weighted by molar-refractivity contribution is 5.33. The van der Waals surface area contributed by atoms with Crippen molar-refractivity contribution in [3.63, 3.8) is 0 Å². The minimum atomic E-state index is -0.236. The van der Waals surface area contributed by atoms with Gasteiger partial charge >= 0.3 is 0 Å². The molecule has 20 heavy (non-hydrogen) atoms. The van der Waals surface area contributed by atoms with Crippen molar-refractivity contribution in [1.82, 2.24) is 0 Å².